The van der Waals surface area contributed by atoms with Crippen LogP contribution >= 0.6 is 11.3 Å². The maximum absolute atomic E-state index is 12.7. The number of anilines is 1. The number of carboxylic acids is 1. The zero-order chi connectivity index (χ0) is 19.0. The number of aromatic carboxylic acids is 1. The highest BCUT2D eigenvalue weighted by Crippen LogP contribution is 2.31. The molecule has 27 heavy (non-hydrogen) atoms. The molecular formula is C18H13N5O3S. The van der Waals surface area contributed by atoms with Crippen LogP contribution in [0.5, 0.6) is 0 Å². The van der Waals surface area contributed by atoms with Crippen molar-refractivity contribution in [3.05, 3.63) is 54.1 Å². The van der Waals surface area contributed by atoms with Gasteiger partial charge in [-0.3, -0.25) is 4.79 Å². The minimum atomic E-state index is -1.11. The third-order valence-corrected chi connectivity index (χ3v) is 4.99. The van der Waals surface area contributed by atoms with E-state index in [1.165, 1.54) is 28.5 Å². The SMILES string of the molecule is CC1=NN(c2nc3ccccc3s2)C(=O)C1N=Nc1ccccc1C(=O)O. The summed E-state index contributed by atoms with van der Waals surface area (Å²) in [4.78, 5) is 28.4. The van der Waals surface area contributed by atoms with Gasteiger partial charge in [0.15, 0.2) is 6.04 Å². The Morgan fingerprint density at radius 2 is 1.93 bits per heavy atom. The maximum atomic E-state index is 12.7. The first-order valence-corrected chi connectivity index (χ1v) is 8.84. The third-order valence-electron chi connectivity index (χ3n) is 3.98. The van der Waals surface area contributed by atoms with Crippen LogP contribution in [0, 0.1) is 0 Å². The lowest BCUT2D eigenvalue weighted by Crippen LogP contribution is -2.29. The largest absolute Gasteiger partial charge is 0.478 e. The Morgan fingerprint density at radius 1 is 1.19 bits per heavy atom. The smallest absolute Gasteiger partial charge is 0.337 e. The molecule has 1 aliphatic heterocycles. The van der Waals surface area contributed by atoms with Gasteiger partial charge < -0.3 is 5.11 Å². The molecule has 0 saturated carbocycles. The van der Waals surface area contributed by atoms with Gasteiger partial charge in [-0.2, -0.15) is 20.3 Å². The van der Waals surface area contributed by atoms with E-state index in [2.05, 4.69) is 20.3 Å². The van der Waals surface area contributed by atoms with Crippen molar-refractivity contribution in [2.24, 2.45) is 15.3 Å². The summed E-state index contributed by atoms with van der Waals surface area (Å²) in [5, 5.41) is 23.2. The number of azo groups is 1. The summed E-state index contributed by atoms with van der Waals surface area (Å²) in [7, 11) is 0. The molecule has 4 rings (SSSR count). The number of benzene rings is 2. The van der Waals surface area contributed by atoms with Gasteiger partial charge in [0.05, 0.1) is 27.2 Å². The summed E-state index contributed by atoms with van der Waals surface area (Å²) in [6.07, 6.45) is 0. The molecule has 1 unspecified atom stereocenters. The number of amides is 1. The topological polar surface area (TPSA) is 108 Å². The van der Waals surface area contributed by atoms with E-state index in [-0.39, 0.29) is 17.2 Å². The highest BCUT2D eigenvalue weighted by atomic mass is 32.1. The second kappa shape index (κ2) is 6.69. The molecule has 0 fully saturated rings. The van der Waals surface area contributed by atoms with Crippen molar-refractivity contribution in [1.29, 1.82) is 0 Å². The van der Waals surface area contributed by atoms with E-state index in [4.69, 9.17) is 0 Å². The van der Waals surface area contributed by atoms with E-state index in [1.54, 1.807) is 19.1 Å². The lowest BCUT2D eigenvalue weighted by atomic mass is 10.2. The Morgan fingerprint density at radius 3 is 2.70 bits per heavy atom. The highest BCUT2D eigenvalue weighted by molar-refractivity contribution is 7.22. The normalized spacial score (nSPS) is 17.1. The fourth-order valence-corrected chi connectivity index (χ4v) is 3.56. The van der Waals surface area contributed by atoms with Crippen molar-refractivity contribution < 1.29 is 14.7 Å². The van der Waals surface area contributed by atoms with E-state index >= 15 is 0 Å². The van der Waals surface area contributed by atoms with Crippen molar-refractivity contribution in [3.8, 4) is 0 Å². The van der Waals surface area contributed by atoms with Crippen molar-refractivity contribution in [2.45, 2.75) is 13.0 Å². The first-order chi connectivity index (χ1) is 13.0. The number of thiazole rings is 1. The number of fused-ring (bicyclic) bond motifs is 1. The zero-order valence-electron chi connectivity index (χ0n) is 14.1. The Labute approximate surface area is 157 Å². The van der Waals surface area contributed by atoms with E-state index < -0.39 is 12.0 Å². The summed E-state index contributed by atoms with van der Waals surface area (Å²) < 4.78 is 0.952. The molecule has 8 nitrogen and oxygen atoms in total. The summed E-state index contributed by atoms with van der Waals surface area (Å²) >= 11 is 1.36. The number of carboxylic acid groups (broad SMARTS) is 1. The van der Waals surface area contributed by atoms with Crippen LogP contribution in [0.2, 0.25) is 0 Å². The number of hydrogen-bond acceptors (Lipinski definition) is 7. The van der Waals surface area contributed by atoms with Gasteiger partial charge in [-0.1, -0.05) is 35.6 Å². The second-order valence-corrected chi connectivity index (χ2v) is 6.80. The monoisotopic (exact) mass is 379 g/mol. The summed E-state index contributed by atoms with van der Waals surface area (Å²) in [6, 6.07) is 12.9. The molecule has 0 aliphatic carbocycles. The minimum Gasteiger partial charge on any atom is -0.478 e. The molecule has 1 aliphatic rings. The van der Waals surface area contributed by atoms with Gasteiger partial charge in [0, 0.05) is 0 Å². The van der Waals surface area contributed by atoms with Crippen LogP contribution in [0.25, 0.3) is 10.2 Å². The quantitative estimate of drug-likeness (QED) is 0.694. The van der Waals surface area contributed by atoms with Crippen LogP contribution in [-0.2, 0) is 4.79 Å². The number of hydrazone groups is 1. The van der Waals surface area contributed by atoms with Crippen LogP contribution in [0.4, 0.5) is 10.8 Å². The fraction of sp³-hybridized carbons (Fsp3) is 0.111. The minimum absolute atomic E-state index is 0.0179. The first kappa shape index (κ1) is 17.0. The second-order valence-electron chi connectivity index (χ2n) is 5.80. The summed E-state index contributed by atoms with van der Waals surface area (Å²) in [5.41, 5.74) is 1.46. The molecule has 3 aromatic rings. The Kier molecular flexibility index (Phi) is 4.21. The average molecular weight is 379 g/mol. The van der Waals surface area contributed by atoms with Crippen LogP contribution in [0.3, 0.4) is 0 Å². The van der Waals surface area contributed by atoms with Crippen molar-refractivity contribution >= 4 is 50.0 Å². The molecule has 0 radical (unpaired) electrons. The molecule has 0 bridgehead atoms. The van der Waals surface area contributed by atoms with Crippen LogP contribution in [0.1, 0.15) is 17.3 Å². The Balaban J connectivity index is 1.62. The van der Waals surface area contributed by atoms with Crippen molar-refractivity contribution in [2.75, 3.05) is 5.01 Å². The predicted molar refractivity (Wildman–Crippen MR) is 102 cm³/mol. The molecule has 1 N–H and O–H groups in total. The number of aromatic nitrogens is 1. The zero-order valence-corrected chi connectivity index (χ0v) is 14.9. The van der Waals surface area contributed by atoms with Gasteiger partial charge in [-0.05, 0) is 31.2 Å². The number of nitrogens with zero attached hydrogens (tertiary/aromatic N) is 5. The standard InChI is InChI=1S/C18H13N5O3S/c1-10-15(21-20-12-7-3-2-6-11(12)17(25)26)16(24)23(22-10)18-19-13-8-4-5-9-14(13)27-18/h2-9,15H,1H3,(H,25,26). The van der Waals surface area contributed by atoms with E-state index in [0.29, 0.717) is 10.8 Å². The van der Waals surface area contributed by atoms with Gasteiger partial charge >= 0.3 is 5.97 Å². The van der Waals surface area contributed by atoms with E-state index in [1.807, 2.05) is 24.3 Å². The Hall–Kier alpha value is -3.46. The van der Waals surface area contributed by atoms with Crippen LogP contribution in [0.15, 0.2) is 63.9 Å². The maximum Gasteiger partial charge on any atom is 0.337 e. The first-order valence-electron chi connectivity index (χ1n) is 8.02. The van der Waals surface area contributed by atoms with E-state index in [9.17, 15) is 14.7 Å². The number of para-hydroxylation sites is 1. The van der Waals surface area contributed by atoms with Crippen LogP contribution < -0.4 is 5.01 Å². The molecule has 9 heteroatoms. The third kappa shape index (κ3) is 3.08. The number of rotatable bonds is 4. The average Bonchev–Trinajstić information content (AvgIpc) is 3.21. The van der Waals surface area contributed by atoms with Crippen molar-refractivity contribution in [1.82, 2.24) is 4.98 Å². The number of carbonyl (C=O) groups is 2. The number of hydrogen-bond donors (Lipinski definition) is 1. The lowest BCUT2D eigenvalue weighted by molar-refractivity contribution is -0.117. The van der Waals surface area contributed by atoms with Gasteiger partial charge in [-0.25, -0.2) is 9.78 Å². The molecule has 1 aromatic heterocycles. The van der Waals surface area contributed by atoms with E-state index in [0.717, 1.165) is 10.2 Å². The molecule has 1 amide bonds. The lowest BCUT2D eigenvalue weighted by Gasteiger charge is -2.07. The van der Waals surface area contributed by atoms with Gasteiger partial charge in [0.2, 0.25) is 5.13 Å². The Bertz CT molecular complexity index is 1090. The van der Waals surface area contributed by atoms with Gasteiger partial charge in [0.1, 0.15) is 0 Å². The predicted octanol–water partition coefficient (Wildman–Crippen LogP) is 3.87. The molecule has 134 valence electrons. The van der Waals surface area contributed by atoms with Crippen molar-refractivity contribution in [3.63, 3.8) is 0 Å². The number of carbonyl (C=O) groups excluding carboxylic acids is 1. The summed E-state index contributed by atoms with van der Waals surface area (Å²) in [5.74, 6) is -1.48. The molecule has 1 atom stereocenters. The molecule has 2 heterocycles. The molecular weight excluding hydrogens is 366 g/mol. The highest BCUT2D eigenvalue weighted by Gasteiger charge is 2.36. The molecule has 0 saturated heterocycles. The van der Waals surface area contributed by atoms with Crippen LogP contribution in [-0.4, -0.2) is 33.7 Å². The summed E-state index contributed by atoms with van der Waals surface area (Å²) in [6.45, 7) is 1.68. The van der Waals surface area contributed by atoms with Gasteiger partial charge in [-0.15, -0.1) is 0 Å². The molecule has 0 spiro atoms. The van der Waals surface area contributed by atoms with Gasteiger partial charge in [0.25, 0.3) is 5.91 Å². The molecule has 2 aromatic carbocycles. The fourth-order valence-electron chi connectivity index (χ4n) is 2.64.